The fourth-order valence-corrected chi connectivity index (χ4v) is 3.47. The van der Waals surface area contributed by atoms with Crippen LogP contribution in [0.3, 0.4) is 0 Å². The van der Waals surface area contributed by atoms with Crippen LogP contribution < -0.4 is 10.6 Å². The summed E-state index contributed by atoms with van der Waals surface area (Å²) in [6.07, 6.45) is 1.14. The fourth-order valence-electron chi connectivity index (χ4n) is 1.33. The van der Waals surface area contributed by atoms with Crippen LogP contribution in [0, 0.1) is 0 Å². The van der Waals surface area contributed by atoms with Gasteiger partial charge in [0, 0.05) is 29.5 Å². The second-order valence-corrected chi connectivity index (χ2v) is 6.92. The summed E-state index contributed by atoms with van der Waals surface area (Å²) in [5, 5.41) is 6.75. The molecular weight excluding hydrogens is 368 g/mol. The number of hydrogen-bond donors (Lipinski definition) is 2. The number of halogens is 2. The van der Waals surface area contributed by atoms with E-state index in [0.29, 0.717) is 0 Å². The summed E-state index contributed by atoms with van der Waals surface area (Å²) in [7, 11) is 1.72. The van der Waals surface area contributed by atoms with Crippen molar-refractivity contribution in [1.29, 1.82) is 0 Å². The summed E-state index contributed by atoms with van der Waals surface area (Å²) in [4.78, 5) is 1.34. The van der Waals surface area contributed by atoms with E-state index in [9.17, 15) is 0 Å². The Bertz CT molecular complexity index is 301. The van der Waals surface area contributed by atoms with Crippen molar-refractivity contribution in [3.8, 4) is 0 Å². The van der Waals surface area contributed by atoms with Gasteiger partial charge in [-0.05, 0) is 57.4 Å². The van der Waals surface area contributed by atoms with Crippen LogP contribution in [-0.4, -0.2) is 33.4 Å². The van der Waals surface area contributed by atoms with Gasteiger partial charge in [0.1, 0.15) is 0 Å². The highest BCUT2D eigenvalue weighted by Crippen LogP contribution is 2.32. The van der Waals surface area contributed by atoms with Crippen LogP contribution in [0.1, 0.15) is 11.3 Å². The lowest BCUT2D eigenvalue weighted by Gasteiger charge is -2.04. The molecule has 6 heteroatoms. The van der Waals surface area contributed by atoms with Gasteiger partial charge >= 0.3 is 0 Å². The first-order valence-corrected chi connectivity index (χ1v) is 7.98. The predicted octanol–water partition coefficient (Wildman–Crippen LogP) is 2.99. The molecule has 0 atom stereocenters. The summed E-state index contributed by atoms with van der Waals surface area (Å²) >= 11 is 8.75. The SMILES string of the molecule is COCCNCCCNCc1cc(Br)c(Br)s1. The third-order valence-electron chi connectivity index (χ3n) is 2.19. The van der Waals surface area contributed by atoms with Gasteiger partial charge < -0.3 is 15.4 Å². The molecule has 0 unspecified atom stereocenters. The molecule has 1 aromatic rings. The van der Waals surface area contributed by atoms with E-state index in [2.05, 4.69) is 48.6 Å². The largest absolute Gasteiger partial charge is 0.383 e. The first-order chi connectivity index (χ1) is 8.24. The van der Waals surface area contributed by atoms with Gasteiger partial charge in [-0.3, -0.25) is 0 Å². The van der Waals surface area contributed by atoms with Crippen LogP contribution in [0.4, 0.5) is 0 Å². The average Bonchev–Trinajstić information content (AvgIpc) is 2.62. The van der Waals surface area contributed by atoms with Crippen molar-refractivity contribution in [1.82, 2.24) is 10.6 Å². The van der Waals surface area contributed by atoms with Crippen LogP contribution in [0.25, 0.3) is 0 Å². The van der Waals surface area contributed by atoms with Crippen molar-refractivity contribution in [2.45, 2.75) is 13.0 Å². The van der Waals surface area contributed by atoms with E-state index >= 15 is 0 Å². The maximum Gasteiger partial charge on any atom is 0.0843 e. The Morgan fingerprint density at radius 1 is 1.24 bits per heavy atom. The molecule has 2 N–H and O–H groups in total. The molecular formula is C11H18Br2N2OS. The quantitative estimate of drug-likeness (QED) is 0.641. The molecule has 0 fully saturated rings. The molecule has 1 rings (SSSR count). The van der Waals surface area contributed by atoms with Crippen LogP contribution in [0.15, 0.2) is 14.3 Å². The number of nitrogens with one attached hydrogen (secondary N) is 2. The minimum Gasteiger partial charge on any atom is -0.383 e. The molecule has 0 amide bonds. The van der Waals surface area contributed by atoms with E-state index in [1.165, 1.54) is 4.88 Å². The van der Waals surface area contributed by atoms with Crippen molar-refractivity contribution in [2.75, 3.05) is 33.4 Å². The second kappa shape index (κ2) is 9.47. The standard InChI is InChI=1S/C11H18Br2N2OS/c1-16-6-5-14-3-2-4-15-8-9-7-10(12)11(13)17-9/h7,14-15H,2-6,8H2,1H3. The van der Waals surface area contributed by atoms with E-state index in [1.54, 1.807) is 18.4 Å². The molecule has 3 nitrogen and oxygen atoms in total. The van der Waals surface area contributed by atoms with Crippen LogP contribution in [0.2, 0.25) is 0 Å². The van der Waals surface area contributed by atoms with Gasteiger partial charge in [0.2, 0.25) is 0 Å². The van der Waals surface area contributed by atoms with Crippen molar-refractivity contribution in [3.05, 3.63) is 19.2 Å². The van der Waals surface area contributed by atoms with E-state index < -0.39 is 0 Å². The van der Waals surface area contributed by atoms with Gasteiger partial charge in [-0.25, -0.2) is 0 Å². The van der Waals surface area contributed by atoms with Gasteiger partial charge in [-0.1, -0.05) is 0 Å². The smallest absolute Gasteiger partial charge is 0.0843 e. The van der Waals surface area contributed by atoms with E-state index in [4.69, 9.17) is 4.74 Å². The van der Waals surface area contributed by atoms with Crippen molar-refractivity contribution < 1.29 is 4.74 Å². The lowest BCUT2D eigenvalue weighted by molar-refractivity contribution is 0.199. The number of thiophene rings is 1. The molecule has 17 heavy (non-hydrogen) atoms. The molecule has 0 bridgehead atoms. The first-order valence-electron chi connectivity index (χ1n) is 5.58. The topological polar surface area (TPSA) is 33.3 Å². The zero-order chi connectivity index (χ0) is 12.5. The fraction of sp³-hybridized carbons (Fsp3) is 0.636. The summed E-state index contributed by atoms with van der Waals surface area (Å²) in [6, 6.07) is 2.15. The minimum absolute atomic E-state index is 0.782. The summed E-state index contributed by atoms with van der Waals surface area (Å²) in [5.74, 6) is 0. The average molecular weight is 386 g/mol. The Balaban J connectivity index is 1.97. The Hall–Kier alpha value is 0.540. The molecule has 0 aliphatic carbocycles. The van der Waals surface area contributed by atoms with Gasteiger partial charge in [0.15, 0.2) is 0 Å². The molecule has 0 saturated carbocycles. The highest BCUT2D eigenvalue weighted by molar-refractivity contribution is 9.13. The second-order valence-electron chi connectivity index (χ2n) is 3.61. The molecule has 0 aliphatic rings. The van der Waals surface area contributed by atoms with E-state index in [1.807, 2.05) is 0 Å². The predicted molar refractivity (Wildman–Crippen MR) is 80.8 cm³/mol. The van der Waals surface area contributed by atoms with Crippen LogP contribution >= 0.6 is 43.2 Å². The highest BCUT2D eigenvalue weighted by Gasteiger charge is 2.02. The summed E-state index contributed by atoms with van der Waals surface area (Å²) in [5.41, 5.74) is 0. The Kier molecular flexibility index (Phi) is 8.69. The normalized spacial score (nSPS) is 11.0. The van der Waals surface area contributed by atoms with Gasteiger partial charge in [-0.15, -0.1) is 11.3 Å². The highest BCUT2D eigenvalue weighted by atomic mass is 79.9. The third-order valence-corrected chi connectivity index (χ3v) is 5.44. The number of ether oxygens (including phenoxy) is 1. The molecule has 0 radical (unpaired) electrons. The number of hydrogen-bond acceptors (Lipinski definition) is 4. The molecule has 0 aromatic carbocycles. The van der Waals surface area contributed by atoms with Crippen molar-refractivity contribution in [2.24, 2.45) is 0 Å². The summed E-state index contributed by atoms with van der Waals surface area (Å²) in [6.45, 7) is 4.72. The zero-order valence-corrected chi connectivity index (χ0v) is 13.9. The maximum atomic E-state index is 4.96. The van der Waals surface area contributed by atoms with E-state index in [-0.39, 0.29) is 0 Å². The van der Waals surface area contributed by atoms with Crippen molar-refractivity contribution in [3.63, 3.8) is 0 Å². The molecule has 1 aromatic heterocycles. The maximum absolute atomic E-state index is 4.96. The summed E-state index contributed by atoms with van der Waals surface area (Å²) < 4.78 is 7.26. The third kappa shape index (κ3) is 6.88. The molecule has 0 aliphatic heterocycles. The van der Waals surface area contributed by atoms with Crippen molar-refractivity contribution >= 4 is 43.2 Å². The van der Waals surface area contributed by atoms with Gasteiger partial charge in [-0.2, -0.15) is 0 Å². The van der Waals surface area contributed by atoms with Gasteiger partial charge in [0.25, 0.3) is 0 Å². The zero-order valence-electron chi connectivity index (χ0n) is 9.89. The Morgan fingerprint density at radius 2 is 2.00 bits per heavy atom. The molecule has 1 heterocycles. The Morgan fingerprint density at radius 3 is 2.65 bits per heavy atom. The number of rotatable bonds is 9. The number of methoxy groups -OCH3 is 1. The Labute approximate surface area is 124 Å². The lowest BCUT2D eigenvalue weighted by atomic mass is 10.4. The van der Waals surface area contributed by atoms with Crippen LogP contribution in [-0.2, 0) is 11.3 Å². The molecule has 0 spiro atoms. The van der Waals surface area contributed by atoms with Crippen LogP contribution in [0.5, 0.6) is 0 Å². The lowest BCUT2D eigenvalue weighted by Crippen LogP contribution is -2.24. The monoisotopic (exact) mass is 384 g/mol. The minimum atomic E-state index is 0.782. The van der Waals surface area contributed by atoms with E-state index in [0.717, 1.165) is 47.5 Å². The first kappa shape index (κ1) is 15.6. The molecule has 0 saturated heterocycles. The van der Waals surface area contributed by atoms with Gasteiger partial charge in [0.05, 0.1) is 10.4 Å². The molecule has 98 valence electrons.